The lowest BCUT2D eigenvalue weighted by Gasteiger charge is -2.26. The van der Waals surface area contributed by atoms with Crippen LogP contribution in [0.3, 0.4) is 0 Å². The maximum atomic E-state index is 13.0. The van der Waals surface area contributed by atoms with E-state index in [-0.39, 0.29) is 28.6 Å². The number of phenols is 1. The predicted octanol–water partition coefficient (Wildman–Crippen LogP) is 4.30. The van der Waals surface area contributed by atoms with E-state index in [0.29, 0.717) is 17.1 Å². The zero-order valence-corrected chi connectivity index (χ0v) is 18.7. The summed E-state index contributed by atoms with van der Waals surface area (Å²) in [6.45, 7) is 0.266. The predicted molar refractivity (Wildman–Crippen MR) is 126 cm³/mol. The van der Waals surface area contributed by atoms with Crippen LogP contribution >= 0.6 is 11.6 Å². The summed E-state index contributed by atoms with van der Waals surface area (Å²) in [7, 11) is 1.45. The minimum Gasteiger partial charge on any atom is -0.508 e. The smallest absolute Gasteiger partial charge is 0.335 e. The quantitative estimate of drug-likeness (QED) is 0.404. The van der Waals surface area contributed by atoms with Gasteiger partial charge in [0.1, 0.15) is 17.9 Å². The van der Waals surface area contributed by atoms with Crippen LogP contribution in [0.2, 0.25) is 5.02 Å². The molecular formula is C25H19ClN2O6. The van der Waals surface area contributed by atoms with E-state index in [1.54, 1.807) is 6.07 Å². The van der Waals surface area contributed by atoms with Crippen LogP contribution in [-0.2, 0) is 16.2 Å². The fourth-order valence-corrected chi connectivity index (χ4v) is 3.63. The molecule has 1 aliphatic heterocycles. The molecule has 4 amide bonds. The van der Waals surface area contributed by atoms with Crippen LogP contribution in [0.4, 0.5) is 10.5 Å². The summed E-state index contributed by atoms with van der Waals surface area (Å²) >= 11 is 6.42. The Bertz CT molecular complexity index is 1290. The Hall–Kier alpha value is -4.30. The van der Waals surface area contributed by atoms with Gasteiger partial charge in [0.15, 0.2) is 11.5 Å². The molecule has 0 bridgehead atoms. The van der Waals surface area contributed by atoms with Crippen molar-refractivity contribution < 1.29 is 29.0 Å². The van der Waals surface area contributed by atoms with E-state index in [1.165, 1.54) is 43.5 Å². The molecule has 0 aliphatic carbocycles. The molecule has 1 aliphatic rings. The van der Waals surface area contributed by atoms with Gasteiger partial charge in [0.05, 0.1) is 17.8 Å². The molecule has 172 valence electrons. The van der Waals surface area contributed by atoms with Gasteiger partial charge in [0.25, 0.3) is 11.8 Å². The standard InChI is InChI=1S/C25H19ClN2O6/c1-33-21-13-16(12-20(26)22(21)34-14-15-5-3-2-4-6-15)11-19-23(30)27-25(32)28(24(19)31)17-7-9-18(29)10-8-17/h2-13,29H,14H2,1H3,(H,27,30,32)/b19-11+. The highest BCUT2D eigenvalue weighted by molar-refractivity contribution is 6.39. The van der Waals surface area contributed by atoms with Crippen molar-refractivity contribution in [1.29, 1.82) is 0 Å². The number of amides is 4. The van der Waals surface area contributed by atoms with Crippen molar-refractivity contribution in [1.82, 2.24) is 5.32 Å². The van der Waals surface area contributed by atoms with E-state index in [4.69, 9.17) is 21.1 Å². The summed E-state index contributed by atoms with van der Waals surface area (Å²) in [6.07, 6.45) is 1.31. The first-order valence-corrected chi connectivity index (χ1v) is 10.5. The maximum Gasteiger partial charge on any atom is 0.335 e. The molecule has 1 saturated heterocycles. The number of hydrogen-bond acceptors (Lipinski definition) is 6. The Morgan fingerprint density at radius 3 is 2.41 bits per heavy atom. The molecule has 4 rings (SSSR count). The monoisotopic (exact) mass is 478 g/mol. The van der Waals surface area contributed by atoms with Gasteiger partial charge in [-0.1, -0.05) is 41.9 Å². The van der Waals surface area contributed by atoms with Crippen molar-refractivity contribution in [3.05, 3.63) is 88.5 Å². The fourth-order valence-electron chi connectivity index (χ4n) is 3.35. The third-order valence-electron chi connectivity index (χ3n) is 5.00. The molecule has 0 atom stereocenters. The zero-order chi connectivity index (χ0) is 24.2. The second-order valence-corrected chi connectivity index (χ2v) is 7.69. The number of hydrogen-bond donors (Lipinski definition) is 2. The number of benzene rings is 3. The van der Waals surface area contributed by atoms with E-state index in [0.717, 1.165) is 10.5 Å². The molecule has 3 aromatic carbocycles. The van der Waals surface area contributed by atoms with E-state index in [2.05, 4.69) is 5.32 Å². The van der Waals surface area contributed by atoms with Crippen molar-refractivity contribution in [2.75, 3.05) is 12.0 Å². The van der Waals surface area contributed by atoms with Gasteiger partial charge in [-0.3, -0.25) is 14.9 Å². The van der Waals surface area contributed by atoms with Crippen LogP contribution in [-0.4, -0.2) is 30.1 Å². The summed E-state index contributed by atoms with van der Waals surface area (Å²) in [5, 5.41) is 11.8. The van der Waals surface area contributed by atoms with E-state index in [9.17, 15) is 19.5 Å². The molecular weight excluding hydrogens is 460 g/mol. The lowest BCUT2D eigenvalue weighted by atomic mass is 10.1. The van der Waals surface area contributed by atoms with Crippen LogP contribution < -0.4 is 19.7 Å². The number of carbonyl (C=O) groups is 3. The van der Waals surface area contributed by atoms with Gasteiger partial charge in [-0.15, -0.1) is 0 Å². The summed E-state index contributed by atoms with van der Waals surface area (Å²) in [6, 6.07) is 17.1. The van der Waals surface area contributed by atoms with Crippen LogP contribution in [0.1, 0.15) is 11.1 Å². The Labute approximate surface area is 200 Å². The lowest BCUT2D eigenvalue weighted by Crippen LogP contribution is -2.54. The molecule has 0 aromatic heterocycles. The average Bonchev–Trinajstić information content (AvgIpc) is 2.82. The SMILES string of the molecule is COc1cc(/C=C2\C(=O)NC(=O)N(c3ccc(O)cc3)C2=O)cc(Cl)c1OCc1ccccc1. The molecule has 34 heavy (non-hydrogen) atoms. The van der Waals surface area contributed by atoms with Gasteiger partial charge < -0.3 is 14.6 Å². The number of rotatable bonds is 6. The van der Waals surface area contributed by atoms with Crippen molar-refractivity contribution in [3.8, 4) is 17.2 Å². The minimum absolute atomic E-state index is 0.0308. The normalized spacial score (nSPS) is 14.8. The van der Waals surface area contributed by atoms with E-state index >= 15 is 0 Å². The van der Waals surface area contributed by atoms with Gasteiger partial charge in [-0.2, -0.15) is 0 Å². The number of nitrogens with zero attached hydrogens (tertiary/aromatic N) is 1. The van der Waals surface area contributed by atoms with Crippen LogP contribution in [0.25, 0.3) is 6.08 Å². The molecule has 0 unspecified atom stereocenters. The molecule has 8 nitrogen and oxygen atoms in total. The van der Waals surface area contributed by atoms with Crippen LogP contribution in [0, 0.1) is 0 Å². The number of barbiturate groups is 1. The summed E-state index contributed by atoms with van der Waals surface area (Å²) in [5.41, 5.74) is 1.26. The van der Waals surface area contributed by atoms with Gasteiger partial charge in [-0.25, -0.2) is 9.69 Å². The van der Waals surface area contributed by atoms with Crippen molar-refractivity contribution in [2.45, 2.75) is 6.61 Å². The van der Waals surface area contributed by atoms with Crippen LogP contribution in [0.5, 0.6) is 17.2 Å². The zero-order valence-electron chi connectivity index (χ0n) is 17.9. The van der Waals surface area contributed by atoms with Crippen LogP contribution in [0.15, 0.2) is 72.3 Å². The van der Waals surface area contributed by atoms with Gasteiger partial charge in [0, 0.05) is 0 Å². The Morgan fingerprint density at radius 2 is 1.74 bits per heavy atom. The highest BCUT2D eigenvalue weighted by atomic mass is 35.5. The second kappa shape index (κ2) is 9.68. The molecule has 3 aromatic rings. The fraction of sp³-hybridized carbons (Fsp3) is 0.0800. The number of ether oxygens (including phenoxy) is 2. The molecule has 2 N–H and O–H groups in total. The second-order valence-electron chi connectivity index (χ2n) is 7.28. The van der Waals surface area contributed by atoms with E-state index in [1.807, 2.05) is 30.3 Å². The lowest BCUT2D eigenvalue weighted by molar-refractivity contribution is -0.122. The largest absolute Gasteiger partial charge is 0.508 e. The first-order valence-electron chi connectivity index (χ1n) is 10.1. The molecule has 0 saturated carbocycles. The van der Waals surface area contributed by atoms with Crippen molar-refractivity contribution >= 4 is 41.2 Å². The Balaban J connectivity index is 1.64. The number of halogens is 1. The summed E-state index contributed by atoms with van der Waals surface area (Å²) < 4.78 is 11.2. The number of urea groups is 1. The first-order chi connectivity index (χ1) is 16.4. The molecule has 0 radical (unpaired) electrons. The molecule has 1 fully saturated rings. The highest BCUT2D eigenvalue weighted by Crippen LogP contribution is 2.38. The topological polar surface area (TPSA) is 105 Å². The number of imide groups is 2. The molecule has 1 heterocycles. The third kappa shape index (κ3) is 4.72. The first kappa shape index (κ1) is 22.9. The number of nitrogens with one attached hydrogen (secondary N) is 1. The third-order valence-corrected chi connectivity index (χ3v) is 5.28. The van der Waals surface area contributed by atoms with Gasteiger partial charge >= 0.3 is 6.03 Å². The summed E-state index contributed by atoms with van der Waals surface area (Å²) in [4.78, 5) is 38.6. The van der Waals surface area contributed by atoms with Crippen molar-refractivity contribution in [3.63, 3.8) is 0 Å². The number of methoxy groups -OCH3 is 1. The maximum absolute atomic E-state index is 13.0. The average molecular weight is 479 g/mol. The molecule has 9 heteroatoms. The summed E-state index contributed by atoms with van der Waals surface area (Å²) in [5.74, 6) is -1.07. The minimum atomic E-state index is -0.891. The van der Waals surface area contributed by atoms with Gasteiger partial charge in [-0.05, 0) is 53.6 Å². The molecule has 0 spiro atoms. The Morgan fingerprint density at radius 1 is 1.03 bits per heavy atom. The number of aromatic hydroxyl groups is 1. The number of carbonyl (C=O) groups excluding carboxylic acids is 3. The van der Waals surface area contributed by atoms with Crippen molar-refractivity contribution in [2.24, 2.45) is 0 Å². The van der Waals surface area contributed by atoms with E-state index < -0.39 is 17.8 Å². The number of anilines is 1. The Kier molecular flexibility index (Phi) is 6.51. The number of phenolic OH excluding ortho intramolecular Hbond substituents is 1. The van der Waals surface area contributed by atoms with Gasteiger partial charge in [0.2, 0.25) is 0 Å². The highest BCUT2D eigenvalue weighted by Gasteiger charge is 2.36.